The first kappa shape index (κ1) is 17.6. The van der Waals surface area contributed by atoms with Gasteiger partial charge in [0.2, 0.25) is 0 Å². The minimum atomic E-state index is 0.154. The minimum absolute atomic E-state index is 0.154. The lowest BCUT2D eigenvalue weighted by atomic mass is 9.89. The molecule has 2 aromatic rings. The molecule has 0 heterocycles. The highest BCUT2D eigenvalue weighted by molar-refractivity contribution is 5.46. The van der Waals surface area contributed by atoms with Gasteiger partial charge in [-0.15, -0.1) is 0 Å². The fourth-order valence-electron chi connectivity index (χ4n) is 3.98. The maximum Gasteiger partial charge on any atom is 0.0764 e. The number of fused-ring (bicyclic) bond motifs is 3. The van der Waals surface area contributed by atoms with Gasteiger partial charge in [0.05, 0.1) is 6.04 Å². The van der Waals surface area contributed by atoms with Crippen LogP contribution in [-0.4, -0.2) is 0 Å². The molecule has 0 aromatic heterocycles. The zero-order valence-corrected chi connectivity index (χ0v) is 16.0. The molecule has 2 aromatic carbocycles. The molecule has 1 unspecified atom stereocenters. The number of hydrogen-bond acceptors (Lipinski definition) is 1. The Labute approximate surface area is 162 Å². The van der Waals surface area contributed by atoms with Crippen molar-refractivity contribution in [1.82, 2.24) is 5.32 Å². The molecule has 3 aliphatic rings. The van der Waals surface area contributed by atoms with Crippen molar-refractivity contribution in [2.24, 2.45) is 0 Å². The van der Waals surface area contributed by atoms with Crippen LogP contribution in [0.25, 0.3) is 0 Å². The second kappa shape index (κ2) is 7.84. The van der Waals surface area contributed by atoms with Gasteiger partial charge in [-0.1, -0.05) is 96.1 Å². The number of hydrogen-bond donors (Lipinski definition) is 1. The van der Waals surface area contributed by atoms with E-state index in [9.17, 15) is 0 Å². The second-order valence-corrected chi connectivity index (χ2v) is 7.63. The average molecular weight is 354 g/mol. The topological polar surface area (TPSA) is 12.0 Å². The summed E-state index contributed by atoms with van der Waals surface area (Å²) in [5.41, 5.74) is 9.38. The zero-order valence-electron chi connectivity index (χ0n) is 16.0. The highest BCUT2D eigenvalue weighted by Crippen LogP contribution is 2.36. The Morgan fingerprint density at radius 3 is 2.48 bits per heavy atom. The number of benzene rings is 2. The number of allylic oxidation sites excluding steroid dienone is 5. The summed E-state index contributed by atoms with van der Waals surface area (Å²) in [5.74, 6) is 0. The molecular weight excluding hydrogens is 326 g/mol. The molecule has 0 radical (unpaired) electrons. The summed E-state index contributed by atoms with van der Waals surface area (Å²) >= 11 is 0. The third-order valence-corrected chi connectivity index (χ3v) is 5.54. The van der Waals surface area contributed by atoms with E-state index in [2.05, 4.69) is 91.6 Å². The molecule has 0 amide bonds. The molecule has 0 saturated carbocycles. The Balaban J connectivity index is 1.60. The molecule has 1 atom stereocenters. The van der Waals surface area contributed by atoms with E-state index in [0.717, 1.165) is 18.5 Å². The van der Waals surface area contributed by atoms with E-state index in [-0.39, 0.29) is 6.04 Å². The first-order chi connectivity index (χ1) is 13.2. The monoisotopic (exact) mass is 353 g/mol. The van der Waals surface area contributed by atoms with Crippen molar-refractivity contribution in [1.29, 1.82) is 0 Å². The highest BCUT2D eigenvalue weighted by atomic mass is 14.9. The van der Waals surface area contributed by atoms with Crippen molar-refractivity contribution in [3.05, 3.63) is 119 Å². The third kappa shape index (κ3) is 4.14. The van der Waals surface area contributed by atoms with Crippen molar-refractivity contribution >= 4 is 0 Å². The fraction of sp³-hybridized carbons (Fsp3) is 0.231. The van der Waals surface area contributed by atoms with E-state index in [1.807, 2.05) is 0 Å². The predicted molar refractivity (Wildman–Crippen MR) is 114 cm³/mol. The summed E-state index contributed by atoms with van der Waals surface area (Å²) in [5, 5.41) is 3.75. The molecule has 0 fully saturated rings. The molecule has 0 aliphatic heterocycles. The molecule has 1 N–H and O–H groups in total. The van der Waals surface area contributed by atoms with Crippen LogP contribution in [0, 0.1) is 6.92 Å². The summed E-state index contributed by atoms with van der Waals surface area (Å²) < 4.78 is 0. The van der Waals surface area contributed by atoms with Gasteiger partial charge in [0.1, 0.15) is 0 Å². The van der Waals surface area contributed by atoms with Crippen molar-refractivity contribution in [3.8, 4) is 0 Å². The van der Waals surface area contributed by atoms with Crippen LogP contribution in [0.15, 0.2) is 102 Å². The van der Waals surface area contributed by atoms with Gasteiger partial charge in [0.15, 0.2) is 0 Å². The Morgan fingerprint density at radius 1 is 1.00 bits per heavy atom. The normalized spacial score (nSPS) is 16.7. The highest BCUT2D eigenvalue weighted by Gasteiger charge is 2.22. The first-order valence-corrected chi connectivity index (χ1v) is 9.83. The van der Waals surface area contributed by atoms with Crippen LogP contribution >= 0.6 is 0 Å². The van der Waals surface area contributed by atoms with Crippen molar-refractivity contribution in [2.45, 2.75) is 38.6 Å². The van der Waals surface area contributed by atoms with Gasteiger partial charge in [0.25, 0.3) is 0 Å². The van der Waals surface area contributed by atoms with Crippen LogP contribution in [-0.2, 0) is 6.42 Å². The minimum Gasteiger partial charge on any atom is -0.378 e. The number of rotatable bonds is 6. The van der Waals surface area contributed by atoms with Gasteiger partial charge >= 0.3 is 0 Å². The van der Waals surface area contributed by atoms with Gasteiger partial charge < -0.3 is 5.32 Å². The van der Waals surface area contributed by atoms with Crippen molar-refractivity contribution in [3.63, 3.8) is 0 Å². The second-order valence-electron chi connectivity index (χ2n) is 7.63. The molecule has 136 valence electrons. The smallest absolute Gasteiger partial charge is 0.0764 e. The molecular formula is C26H27N. The largest absolute Gasteiger partial charge is 0.378 e. The van der Waals surface area contributed by atoms with Crippen molar-refractivity contribution < 1.29 is 0 Å². The Hall–Kier alpha value is -2.80. The summed E-state index contributed by atoms with van der Waals surface area (Å²) in [6, 6.07) is 19.6. The zero-order chi connectivity index (χ0) is 18.6. The summed E-state index contributed by atoms with van der Waals surface area (Å²) in [7, 11) is 0. The lowest BCUT2D eigenvalue weighted by Crippen LogP contribution is -2.23. The van der Waals surface area contributed by atoms with Crippen LogP contribution in [0.5, 0.6) is 0 Å². The summed E-state index contributed by atoms with van der Waals surface area (Å²) in [4.78, 5) is 0. The standard InChI is InChI=1S/C26H27N/c1-19-8-10-22(11-9-19)18-20(2)27-26(24-6-4-3-5-7-24)25-17-14-21-12-15-23(25)16-13-21/h3-12,14,17,26-27H,2,13,15-16,18H2,1H3. The van der Waals surface area contributed by atoms with Gasteiger partial charge in [0, 0.05) is 12.1 Å². The molecule has 1 nitrogen and oxygen atoms in total. The van der Waals surface area contributed by atoms with Crippen LogP contribution in [0.1, 0.15) is 42.0 Å². The van der Waals surface area contributed by atoms with E-state index in [1.165, 1.54) is 40.7 Å². The van der Waals surface area contributed by atoms with Gasteiger partial charge in [-0.05, 0) is 42.9 Å². The lowest BCUT2D eigenvalue weighted by Gasteiger charge is -2.26. The van der Waals surface area contributed by atoms with E-state index in [1.54, 1.807) is 5.57 Å². The maximum absolute atomic E-state index is 4.35. The van der Waals surface area contributed by atoms with Crippen LogP contribution in [0.3, 0.4) is 0 Å². The van der Waals surface area contributed by atoms with Crippen LogP contribution < -0.4 is 5.32 Å². The summed E-state index contributed by atoms with van der Waals surface area (Å²) in [6.45, 7) is 6.47. The average Bonchev–Trinajstić information content (AvgIpc) is 3.02. The first-order valence-electron chi connectivity index (χ1n) is 9.83. The van der Waals surface area contributed by atoms with Crippen molar-refractivity contribution in [2.75, 3.05) is 0 Å². The molecule has 2 bridgehead atoms. The summed E-state index contributed by atoms with van der Waals surface area (Å²) in [6.07, 6.45) is 11.3. The number of nitrogens with one attached hydrogen (secondary N) is 1. The molecule has 0 saturated heterocycles. The molecule has 0 spiro atoms. The maximum atomic E-state index is 4.35. The van der Waals surface area contributed by atoms with E-state index in [4.69, 9.17) is 0 Å². The Kier molecular flexibility index (Phi) is 5.11. The predicted octanol–water partition coefficient (Wildman–Crippen LogP) is 6.36. The quantitative estimate of drug-likeness (QED) is 0.637. The van der Waals surface area contributed by atoms with Gasteiger partial charge in [-0.25, -0.2) is 0 Å². The molecule has 5 rings (SSSR count). The number of aryl methyl sites for hydroxylation is 1. The van der Waals surface area contributed by atoms with E-state index in [0.29, 0.717) is 0 Å². The van der Waals surface area contributed by atoms with Gasteiger partial charge in [-0.3, -0.25) is 0 Å². The Morgan fingerprint density at radius 2 is 1.78 bits per heavy atom. The SMILES string of the molecule is C=C(Cc1ccc(C)cc1)NC(C1=C2CC=C(C=C1)CC2)c1ccccc1. The molecule has 3 aliphatic carbocycles. The fourth-order valence-corrected chi connectivity index (χ4v) is 3.98. The van der Waals surface area contributed by atoms with E-state index >= 15 is 0 Å². The molecule has 27 heavy (non-hydrogen) atoms. The van der Waals surface area contributed by atoms with Crippen LogP contribution in [0.2, 0.25) is 0 Å². The third-order valence-electron chi connectivity index (χ3n) is 5.54. The lowest BCUT2D eigenvalue weighted by molar-refractivity contribution is 0.664. The van der Waals surface area contributed by atoms with E-state index < -0.39 is 0 Å². The Bertz CT molecular complexity index is 910. The van der Waals surface area contributed by atoms with Gasteiger partial charge in [-0.2, -0.15) is 0 Å². The van der Waals surface area contributed by atoms with Crippen LogP contribution in [0.4, 0.5) is 0 Å². The molecule has 1 heteroatoms.